The molecule has 0 aliphatic heterocycles. The maximum absolute atomic E-state index is 11.2. The van der Waals surface area contributed by atoms with Gasteiger partial charge in [-0.3, -0.25) is 0 Å². The van der Waals surface area contributed by atoms with Gasteiger partial charge in [0.1, 0.15) is 0 Å². The number of rotatable bonds is 4. The highest BCUT2D eigenvalue weighted by Crippen LogP contribution is 2.12. The van der Waals surface area contributed by atoms with Crippen LogP contribution in [-0.4, -0.2) is 27.0 Å². The predicted molar refractivity (Wildman–Crippen MR) is 29.0 cm³/mol. The molecule has 0 atom stereocenters. The predicted octanol–water partition coefficient (Wildman–Crippen LogP) is 1.78. The van der Waals surface area contributed by atoms with Gasteiger partial charge in [0.2, 0.25) is 0 Å². The zero-order chi connectivity index (χ0) is 9.12. The Balaban J connectivity index is 3.44. The van der Waals surface area contributed by atoms with Crippen molar-refractivity contribution in [3.05, 3.63) is 0 Å². The van der Waals surface area contributed by atoms with Gasteiger partial charge < -0.3 is 30.6 Å². The molecule has 0 N–H and O–H groups in total. The Morgan fingerprint density at radius 2 is 1.00 bits per heavy atom. The SMILES string of the molecule is F[B-](F)(F)COC[B-](F)(F)F. The van der Waals surface area contributed by atoms with Gasteiger partial charge in [-0.15, -0.1) is 0 Å². The van der Waals surface area contributed by atoms with Crippen molar-refractivity contribution in [1.82, 2.24) is 0 Å². The molecule has 0 aromatic rings. The Hall–Kier alpha value is -0.330. The molecule has 0 amide bonds. The van der Waals surface area contributed by atoms with Crippen LogP contribution in [0.2, 0.25) is 0 Å². The molecular formula is C2H4B2F6O-2. The topological polar surface area (TPSA) is 9.23 Å². The third-order valence-electron chi connectivity index (χ3n) is 0.614. The Bertz CT molecular complexity index is 103. The van der Waals surface area contributed by atoms with Crippen molar-refractivity contribution < 1.29 is 30.6 Å². The van der Waals surface area contributed by atoms with Crippen LogP contribution < -0.4 is 0 Å². The molecule has 0 saturated heterocycles. The van der Waals surface area contributed by atoms with Crippen molar-refractivity contribution in [1.29, 1.82) is 0 Å². The van der Waals surface area contributed by atoms with Gasteiger partial charge in [0.25, 0.3) is 0 Å². The standard InChI is InChI=1S/C2H4B2F6O/c5-3(6,7)1-11-2-4(8,9)10/h1-2H2/q-2. The van der Waals surface area contributed by atoms with Gasteiger partial charge in [0, 0.05) is 13.0 Å². The van der Waals surface area contributed by atoms with E-state index in [9.17, 15) is 25.9 Å². The lowest BCUT2D eigenvalue weighted by atomic mass is 9.92. The van der Waals surface area contributed by atoms with E-state index in [0.717, 1.165) is 0 Å². The molecule has 0 radical (unpaired) electrons. The molecule has 11 heavy (non-hydrogen) atoms. The zero-order valence-electron chi connectivity index (χ0n) is 5.24. The molecular weight excluding hydrogens is 176 g/mol. The summed E-state index contributed by atoms with van der Waals surface area (Å²) in [6.45, 7) is -14.1. The molecule has 0 spiro atoms. The Morgan fingerprint density at radius 3 is 1.18 bits per heavy atom. The number of halogens is 6. The second-order valence-electron chi connectivity index (χ2n) is 1.96. The zero-order valence-corrected chi connectivity index (χ0v) is 5.24. The van der Waals surface area contributed by atoms with Crippen LogP contribution in [0.15, 0.2) is 0 Å². The summed E-state index contributed by atoms with van der Waals surface area (Å²) in [5.74, 6) is 0. The van der Waals surface area contributed by atoms with Crippen LogP contribution in [0.1, 0.15) is 0 Å². The fraction of sp³-hybridized carbons (Fsp3) is 1.00. The third-order valence-corrected chi connectivity index (χ3v) is 0.614. The minimum Gasteiger partial charge on any atom is -0.447 e. The Kier molecular flexibility index (Phi) is 3.28. The summed E-state index contributed by atoms with van der Waals surface area (Å²) >= 11 is 0. The Morgan fingerprint density at radius 1 is 0.727 bits per heavy atom. The van der Waals surface area contributed by atoms with Gasteiger partial charge in [-0.25, -0.2) is 0 Å². The average molecular weight is 180 g/mol. The van der Waals surface area contributed by atoms with E-state index in [1.165, 1.54) is 0 Å². The normalized spacial score (nSPS) is 13.6. The summed E-state index contributed by atoms with van der Waals surface area (Å²) in [5, 5.41) is 0. The first-order valence-electron chi connectivity index (χ1n) is 2.70. The van der Waals surface area contributed by atoms with Gasteiger partial charge in [0.05, 0.1) is 0 Å². The monoisotopic (exact) mass is 180 g/mol. The largest absolute Gasteiger partial charge is 0.503 e. The highest BCUT2D eigenvalue weighted by molar-refractivity contribution is 6.59. The molecule has 0 aromatic heterocycles. The summed E-state index contributed by atoms with van der Waals surface area (Å²) in [6.07, 6.45) is 0. The van der Waals surface area contributed by atoms with Crippen LogP contribution >= 0.6 is 0 Å². The average Bonchev–Trinajstić information content (AvgIpc) is 1.55. The molecule has 68 valence electrons. The van der Waals surface area contributed by atoms with Gasteiger partial charge in [-0.1, -0.05) is 0 Å². The molecule has 0 bridgehead atoms. The number of hydrogen-bond acceptors (Lipinski definition) is 1. The van der Waals surface area contributed by atoms with Crippen LogP contribution in [0, 0.1) is 0 Å². The minimum atomic E-state index is -5.27. The van der Waals surface area contributed by atoms with E-state index in [-0.39, 0.29) is 0 Å². The fourth-order valence-corrected chi connectivity index (χ4v) is 0.335. The summed E-state index contributed by atoms with van der Waals surface area (Å²) in [7, 11) is 0. The number of ether oxygens (including phenoxy) is 1. The molecule has 0 unspecified atom stereocenters. The van der Waals surface area contributed by atoms with Crippen LogP contribution in [0.4, 0.5) is 25.9 Å². The lowest BCUT2D eigenvalue weighted by Crippen LogP contribution is -2.31. The van der Waals surface area contributed by atoms with Gasteiger partial charge in [-0.2, -0.15) is 0 Å². The highest BCUT2D eigenvalue weighted by Gasteiger charge is 2.27. The quantitative estimate of drug-likeness (QED) is 0.472. The summed E-state index contributed by atoms with van der Waals surface area (Å²) in [4.78, 5) is 0. The van der Waals surface area contributed by atoms with Crippen molar-refractivity contribution in [2.24, 2.45) is 0 Å². The first-order chi connectivity index (χ1) is 4.71. The smallest absolute Gasteiger partial charge is 0.447 e. The van der Waals surface area contributed by atoms with Crippen molar-refractivity contribution in [3.63, 3.8) is 0 Å². The van der Waals surface area contributed by atoms with Crippen LogP contribution in [0.25, 0.3) is 0 Å². The second-order valence-corrected chi connectivity index (χ2v) is 1.96. The maximum atomic E-state index is 11.2. The van der Waals surface area contributed by atoms with E-state index >= 15 is 0 Å². The summed E-state index contributed by atoms with van der Waals surface area (Å²) in [5.41, 5.74) is 0. The van der Waals surface area contributed by atoms with Gasteiger partial charge >= 0.3 is 14.0 Å². The number of hydrogen-bond donors (Lipinski definition) is 0. The minimum absolute atomic E-state index is 1.79. The van der Waals surface area contributed by atoms with Crippen LogP contribution in [0.3, 0.4) is 0 Å². The van der Waals surface area contributed by atoms with E-state index < -0.39 is 27.0 Å². The molecule has 9 heteroatoms. The van der Waals surface area contributed by atoms with E-state index in [1.54, 1.807) is 0 Å². The third kappa shape index (κ3) is 9.67. The molecule has 0 aliphatic carbocycles. The first-order valence-corrected chi connectivity index (χ1v) is 2.70. The molecule has 0 fully saturated rings. The van der Waals surface area contributed by atoms with Crippen molar-refractivity contribution >= 4 is 14.0 Å². The molecule has 0 heterocycles. The lowest BCUT2D eigenvalue weighted by Gasteiger charge is -2.18. The van der Waals surface area contributed by atoms with Crippen LogP contribution in [-0.2, 0) is 4.74 Å². The fourth-order valence-electron chi connectivity index (χ4n) is 0.335. The maximum Gasteiger partial charge on any atom is 0.503 e. The van der Waals surface area contributed by atoms with E-state index in [1.807, 2.05) is 0 Å². The second kappa shape index (κ2) is 3.38. The summed E-state index contributed by atoms with van der Waals surface area (Å²) < 4.78 is 70.6. The molecule has 0 aromatic carbocycles. The molecule has 0 saturated carbocycles. The van der Waals surface area contributed by atoms with Crippen molar-refractivity contribution in [2.45, 2.75) is 0 Å². The summed E-state index contributed by atoms with van der Waals surface area (Å²) in [6, 6.07) is 0. The molecule has 1 nitrogen and oxygen atoms in total. The first kappa shape index (κ1) is 10.7. The Labute approximate surface area is 58.8 Å². The molecule has 0 rings (SSSR count). The van der Waals surface area contributed by atoms with Crippen LogP contribution in [0.5, 0.6) is 0 Å². The highest BCUT2D eigenvalue weighted by atomic mass is 19.4. The van der Waals surface area contributed by atoms with Gasteiger partial charge in [0.15, 0.2) is 0 Å². The van der Waals surface area contributed by atoms with E-state index in [0.29, 0.717) is 0 Å². The molecule has 0 aliphatic rings. The van der Waals surface area contributed by atoms with Crippen molar-refractivity contribution in [3.8, 4) is 0 Å². The van der Waals surface area contributed by atoms with E-state index in [4.69, 9.17) is 0 Å². The van der Waals surface area contributed by atoms with Gasteiger partial charge in [-0.05, 0) is 0 Å². The van der Waals surface area contributed by atoms with Crippen molar-refractivity contribution in [2.75, 3.05) is 13.0 Å². The lowest BCUT2D eigenvalue weighted by molar-refractivity contribution is 0.166. The van der Waals surface area contributed by atoms with E-state index in [2.05, 4.69) is 4.74 Å².